The molecule has 0 saturated heterocycles. The van der Waals surface area contributed by atoms with Gasteiger partial charge in [-0.1, -0.05) is 24.3 Å². The van der Waals surface area contributed by atoms with Crippen molar-refractivity contribution in [2.75, 3.05) is 0 Å². The molecule has 0 aromatic rings. The molecular weight excluding hydrogens is 144 g/mol. The average Bonchev–Trinajstić information content (AvgIpc) is 2.62. The highest BCUT2D eigenvalue weighted by molar-refractivity contribution is 5.37. The standard InChI is InChI=1S/C12H14/c1-3-5-10-7-11-8-12(10)6-9(11)4-2/h4-5,7,11-12H,1,6,8H2,2H3. The Morgan fingerprint density at radius 1 is 1.67 bits per heavy atom. The summed E-state index contributed by atoms with van der Waals surface area (Å²) in [6, 6.07) is 0. The second-order valence-corrected chi connectivity index (χ2v) is 3.62. The minimum absolute atomic E-state index is 0.736. The first kappa shape index (κ1) is 7.64. The van der Waals surface area contributed by atoms with Crippen LogP contribution >= 0.6 is 0 Å². The molecule has 12 heavy (non-hydrogen) atoms. The maximum Gasteiger partial charge on any atom is -0.00111 e. The Morgan fingerprint density at radius 2 is 2.50 bits per heavy atom. The van der Waals surface area contributed by atoms with Crippen molar-refractivity contribution >= 4 is 0 Å². The van der Waals surface area contributed by atoms with E-state index >= 15 is 0 Å². The van der Waals surface area contributed by atoms with E-state index in [1.54, 1.807) is 5.57 Å². The van der Waals surface area contributed by atoms with Crippen molar-refractivity contribution < 1.29 is 0 Å². The third-order valence-electron chi connectivity index (χ3n) is 3.00. The van der Waals surface area contributed by atoms with Crippen molar-refractivity contribution in [3.63, 3.8) is 0 Å². The fourth-order valence-corrected chi connectivity index (χ4v) is 2.39. The highest BCUT2D eigenvalue weighted by Crippen LogP contribution is 2.47. The van der Waals surface area contributed by atoms with Crippen LogP contribution in [0.25, 0.3) is 0 Å². The van der Waals surface area contributed by atoms with Gasteiger partial charge in [-0.15, -0.1) is 5.73 Å². The molecule has 2 unspecified atom stereocenters. The lowest BCUT2D eigenvalue weighted by Crippen LogP contribution is -1.96. The molecule has 2 rings (SSSR count). The summed E-state index contributed by atoms with van der Waals surface area (Å²) in [7, 11) is 0. The minimum Gasteiger partial charge on any atom is -0.128 e. The molecule has 0 heteroatoms. The van der Waals surface area contributed by atoms with Gasteiger partial charge in [0.15, 0.2) is 0 Å². The predicted octanol–water partition coefficient (Wildman–Crippen LogP) is 3.24. The summed E-state index contributed by atoms with van der Waals surface area (Å²) in [6.07, 6.45) is 9.28. The van der Waals surface area contributed by atoms with Crippen LogP contribution in [-0.2, 0) is 0 Å². The number of allylic oxidation sites excluding steroid dienone is 5. The first-order chi connectivity index (χ1) is 5.85. The van der Waals surface area contributed by atoms with Crippen molar-refractivity contribution in [2.45, 2.75) is 19.8 Å². The summed E-state index contributed by atoms with van der Waals surface area (Å²) in [5.41, 5.74) is 5.95. The predicted molar refractivity (Wildman–Crippen MR) is 51.8 cm³/mol. The van der Waals surface area contributed by atoms with Crippen molar-refractivity contribution in [2.24, 2.45) is 11.8 Å². The summed E-state index contributed by atoms with van der Waals surface area (Å²) in [6.45, 7) is 5.76. The fraction of sp³-hybridized carbons (Fsp3) is 0.417. The molecule has 1 saturated carbocycles. The zero-order chi connectivity index (χ0) is 8.55. The van der Waals surface area contributed by atoms with E-state index in [2.05, 4.69) is 31.4 Å². The monoisotopic (exact) mass is 158 g/mol. The highest BCUT2D eigenvalue weighted by atomic mass is 14.4. The van der Waals surface area contributed by atoms with Gasteiger partial charge in [0.2, 0.25) is 0 Å². The Bertz CT molecular complexity index is 298. The molecule has 0 N–H and O–H groups in total. The molecule has 0 aromatic heterocycles. The second-order valence-electron chi connectivity index (χ2n) is 3.62. The van der Waals surface area contributed by atoms with Gasteiger partial charge in [-0.3, -0.25) is 0 Å². The Kier molecular flexibility index (Phi) is 1.78. The van der Waals surface area contributed by atoms with Gasteiger partial charge >= 0.3 is 0 Å². The van der Waals surface area contributed by atoms with Gasteiger partial charge in [-0.25, -0.2) is 0 Å². The average molecular weight is 158 g/mol. The Morgan fingerprint density at radius 3 is 3.00 bits per heavy atom. The van der Waals surface area contributed by atoms with Crippen LogP contribution in [-0.4, -0.2) is 0 Å². The van der Waals surface area contributed by atoms with Crippen LogP contribution in [0.4, 0.5) is 0 Å². The van der Waals surface area contributed by atoms with E-state index in [1.807, 2.05) is 6.08 Å². The quantitative estimate of drug-likeness (QED) is 0.406. The van der Waals surface area contributed by atoms with Gasteiger partial charge in [0.25, 0.3) is 0 Å². The summed E-state index contributed by atoms with van der Waals surface area (Å²) < 4.78 is 0. The molecule has 2 aliphatic carbocycles. The number of rotatable bonds is 1. The van der Waals surface area contributed by atoms with Gasteiger partial charge in [0.05, 0.1) is 0 Å². The lowest BCUT2D eigenvalue weighted by atomic mass is 9.94. The molecule has 1 fully saturated rings. The van der Waals surface area contributed by atoms with Crippen molar-refractivity contribution in [3.8, 4) is 0 Å². The van der Waals surface area contributed by atoms with Gasteiger partial charge < -0.3 is 0 Å². The fourth-order valence-electron chi connectivity index (χ4n) is 2.39. The normalized spacial score (nSPS) is 35.1. The third kappa shape index (κ3) is 1.00. The maximum absolute atomic E-state index is 3.61. The van der Waals surface area contributed by atoms with E-state index in [9.17, 15) is 0 Å². The second kappa shape index (κ2) is 2.80. The molecule has 0 amide bonds. The van der Waals surface area contributed by atoms with E-state index in [1.165, 1.54) is 18.4 Å². The van der Waals surface area contributed by atoms with Crippen molar-refractivity contribution in [1.29, 1.82) is 0 Å². The zero-order valence-corrected chi connectivity index (χ0v) is 7.51. The molecule has 0 spiro atoms. The largest absolute Gasteiger partial charge is 0.128 e. The summed E-state index contributed by atoms with van der Waals surface area (Å²) in [5, 5.41) is 0. The molecule has 0 aromatic carbocycles. The van der Waals surface area contributed by atoms with Crippen LogP contribution in [0.2, 0.25) is 0 Å². The lowest BCUT2D eigenvalue weighted by molar-refractivity contribution is 0.674. The van der Waals surface area contributed by atoms with E-state index < -0.39 is 0 Å². The molecular formula is C12H14. The van der Waals surface area contributed by atoms with E-state index in [4.69, 9.17) is 0 Å². The van der Waals surface area contributed by atoms with Gasteiger partial charge in [-0.2, -0.15) is 0 Å². The van der Waals surface area contributed by atoms with E-state index in [0.717, 1.165) is 11.8 Å². The Labute approximate surface area is 74.0 Å². The molecule has 0 heterocycles. The number of fused-ring (bicyclic) bond motifs is 2. The highest BCUT2D eigenvalue weighted by Gasteiger charge is 2.34. The number of hydrogen-bond donors (Lipinski definition) is 0. The molecule has 62 valence electrons. The molecule has 2 bridgehead atoms. The van der Waals surface area contributed by atoms with Gasteiger partial charge in [0, 0.05) is 0 Å². The number of hydrogen-bond acceptors (Lipinski definition) is 0. The van der Waals surface area contributed by atoms with Crippen LogP contribution in [0.1, 0.15) is 19.8 Å². The summed E-state index contributed by atoms with van der Waals surface area (Å²) in [5.74, 6) is 1.51. The lowest BCUT2D eigenvalue weighted by Gasteiger charge is -2.10. The molecule has 0 aliphatic heterocycles. The smallest absolute Gasteiger partial charge is 0.00111 e. The van der Waals surface area contributed by atoms with Crippen molar-refractivity contribution in [1.82, 2.24) is 0 Å². The third-order valence-corrected chi connectivity index (χ3v) is 3.00. The summed E-state index contributed by atoms with van der Waals surface area (Å²) >= 11 is 0. The van der Waals surface area contributed by atoms with Crippen LogP contribution < -0.4 is 0 Å². The Hall–Kier alpha value is -1.00. The van der Waals surface area contributed by atoms with Crippen LogP contribution in [0.3, 0.4) is 0 Å². The van der Waals surface area contributed by atoms with Crippen LogP contribution in [0, 0.1) is 11.8 Å². The molecule has 0 nitrogen and oxygen atoms in total. The first-order valence-electron chi connectivity index (χ1n) is 4.57. The SMILES string of the molecule is C=C=CC1=CC2CC1CC2=CC. The van der Waals surface area contributed by atoms with Gasteiger partial charge in [-0.05, 0) is 43.3 Å². The minimum atomic E-state index is 0.736. The van der Waals surface area contributed by atoms with Crippen LogP contribution in [0.15, 0.2) is 41.7 Å². The summed E-state index contributed by atoms with van der Waals surface area (Å²) in [4.78, 5) is 0. The van der Waals surface area contributed by atoms with Crippen LogP contribution in [0.5, 0.6) is 0 Å². The van der Waals surface area contributed by atoms with Gasteiger partial charge in [0.1, 0.15) is 0 Å². The maximum atomic E-state index is 3.61. The Balaban J connectivity index is 2.27. The van der Waals surface area contributed by atoms with E-state index in [0.29, 0.717) is 0 Å². The molecule has 0 radical (unpaired) electrons. The topological polar surface area (TPSA) is 0 Å². The first-order valence-corrected chi connectivity index (χ1v) is 4.57. The van der Waals surface area contributed by atoms with Crippen molar-refractivity contribution in [3.05, 3.63) is 41.7 Å². The van der Waals surface area contributed by atoms with E-state index in [-0.39, 0.29) is 0 Å². The molecule has 2 aliphatic rings. The molecule has 2 atom stereocenters. The zero-order valence-electron chi connectivity index (χ0n) is 7.51.